The van der Waals surface area contributed by atoms with E-state index in [0.29, 0.717) is 18.0 Å². The number of hydrogen-bond donors (Lipinski definition) is 0. The van der Waals surface area contributed by atoms with Crippen LogP contribution in [0, 0.1) is 0 Å². The Bertz CT molecular complexity index is 593. The van der Waals surface area contributed by atoms with E-state index in [1.165, 1.54) is 0 Å². The number of halogens is 1. The molecule has 20 heavy (non-hydrogen) atoms. The van der Waals surface area contributed by atoms with Crippen LogP contribution in [0.4, 0.5) is 0 Å². The van der Waals surface area contributed by atoms with Gasteiger partial charge in [0.05, 0.1) is 11.1 Å². The van der Waals surface area contributed by atoms with Crippen molar-refractivity contribution in [1.82, 2.24) is 9.88 Å². The number of fused-ring (bicyclic) bond motifs is 1. The molecule has 4 heteroatoms. The molecule has 1 aromatic carbocycles. The predicted octanol–water partition coefficient (Wildman–Crippen LogP) is 3.71. The molecule has 1 amide bonds. The summed E-state index contributed by atoms with van der Waals surface area (Å²) in [7, 11) is 0. The minimum atomic E-state index is 0.0451. The Morgan fingerprint density at radius 1 is 1.30 bits per heavy atom. The second kappa shape index (κ2) is 6.71. The summed E-state index contributed by atoms with van der Waals surface area (Å²) in [5.74, 6) is 0.608. The second-order valence-electron chi connectivity index (χ2n) is 5.01. The minimum Gasteiger partial charge on any atom is -0.336 e. The lowest BCUT2D eigenvalue weighted by atomic mass is 10.1. The third kappa shape index (κ3) is 3.10. The van der Waals surface area contributed by atoms with Crippen molar-refractivity contribution in [3.63, 3.8) is 0 Å². The number of benzene rings is 1. The van der Waals surface area contributed by atoms with Crippen LogP contribution in [0.3, 0.4) is 0 Å². The zero-order valence-corrected chi connectivity index (χ0v) is 12.6. The number of carbonyl (C=O) groups is 1. The third-order valence-corrected chi connectivity index (χ3v) is 3.56. The highest BCUT2D eigenvalue weighted by molar-refractivity contribution is 6.17. The molecule has 2 aromatic rings. The molecular formula is C16H19ClN2O. The van der Waals surface area contributed by atoms with E-state index in [2.05, 4.69) is 4.98 Å². The van der Waals surface area contributed by atoms with E-state index in [-0.39, 0.29) is 11.9 Å². The molecule has 0 saturated heterocycles. The molecule has 0 saturated carbocycles. The SMILES string of the molecule is CC(C)N(CCCCl)C(=O)c1ccnc2ccccc12. The predicted molar refractivity (Wildman–Crippen MR) is 83.3 cm³/mol. The maximum absolute atomic E-state index is 12.8. The van der Waals surface area contributed by atoms with E-state index in [4.69, 9.17) is 11.6 Å². The van der Waals surface area contributed by atoms with Gasteiger partial charge in [-0.2, -0.15) is 0 Å². The lowest BCUT2D eigenvalue weighted by Crippen LogP contribution is -2.38. The Balaban J connectivity index is 2.38. The molecule has 0 bridgehead atoms. The minimum absolute atomic E-state index is 0.0451. The highest BCUT2D eigenvalue weighted by Crippen LogP contribution is 2.19. The van der Waals surface area contributed by atoms with Crippen LogP contribution in [0.15, 0.2) is 36.5 Å². The number of hydrogen-bond acceptors (Lipinski definition) is 2. The fourth-order valence-corrected chi connectivity index (χ4v) is 2.38. The van der Waals surface area contributed by atoms with Gasteiger partial charge in [0.1, 0.15) is 0 Å². The van der Waals surface area contributed by atoms with Crippen LogP contribution in [0.5, 0.6) is 0 Å². The molecule has 1 heterocycles. The van der Waals surface area contributed by atoms with Gasteiger partial charge in [-0.05, 0) is 32.4 Å². The van der Waals surface area contributed by atoms with Gasteiger partial charge in [-0.3, -0.25) is 9.78 Å². The van der Waals surface area contributed by atoms with E-state index in [1.54, 1.807) is 12.3 Å². The van der Waals surface area contributed by atoms with Crippen molar-refractivity contribution in [2.45, 2.75) is 26.3 Å². The summed E-state index contributed by atoms with van der Waals surface area (Å²) in [5.41, 5.74) is 1.55. The van der Waals surface area contributed by atoms with Crippen LogP contribution >= 0.6 is 11.6 Å². The van der Waals surface area contributed by atoms with Crippen LogP contribution in [0.25, 0.3) is 10.9 Å². The average Bonchev–Trinajstić information content (AvgIpc) is 2.46. The van der Waals surface area contributed by atoms with Crippen LogP contribution < -0.4 is 0 Å². The number of para-hydroxylation sites is 1. The van der Waals surface area contributed by atoms with Crippen molar-refractivity contribution < 1.29 is 4.79 Å². The van der Waals surface area contributed by atoms with Crippen LogP contribution in [0.2, 0.25) is 0 Å². The van der Waals surface area contributed by atoms with Crippen molar-refractivity contribution in [2.24, 2.45) is 0 Å². The summed E-state index contributed by atoms with van der Waals surface area (Å²) < 4.78 is 0. The molecule has 106 valence electrons. The van der Waals surface area contributed by atoms with E-state index in [0.717, 1.165) is 17.3 Å². The molecule has 0 atom stereocenters. The van der Waals surface area contributed by atoms with Crippen molar-refractivity contribution in [3.8, 4) is 0 Å². The van der Waals surface area contributed by atoms with Crippen LogP contribution in [0.1, 0.15) is 30.6 Å². The van der Waals surface area contributed by atoms with Gasteiger partial charge in [-0.25, -0.2) is 0 Å². The standard InChI is InChI=1S/C16H19ClN2O/c1-12(2)19(11-5-9-17)16(20)14-8-10-18-15-7-4-3-6-13(14)15/h3-4,6-8,10,12H,5,9,11H2,1-2H3. The van der Waals surface area contributed by atoms with Gasteiger partial charge < -0.3 is 4.90 Å². The van der Waals surface area contributed by atoms with Crippen molar-refractivity contribution in [2.75, 3.05) is 12.4 Å². The molecule has 3 nitrogen and oxygen atoms in total. The smallest absolute Gasteiger partial charge is 0.254 e. The molecule has 0 unspecified atom stereocenters. The van der Waals surface area contributed by atoms with Crippen molar-refractivity contribution in [3.05, 3.63) is 42.1 Å². The summed E-state index contributed by atoms with van der Waals surface area (Å²) in [6.07, 6.45) is 2.49. The number of pyridine rings is 1. The summed E-state index contributed by atoms with van der Waals surface area (Å²) in [6.45, 7) is 4.72. The highest BCUT2D eigenvalue weighted by atomic mass is 35.5. The maximum Gasteiger partial charge on any atom is 0.254 e. The molecule has 0 aliphatic carbocycles. The number of carbonyl (C=O) groups excluding carboxylic acids is 1. The molecule has 0 aliphatic heterocycles. The number of aromatic nitrogens is 1. The number of nitrogens with zero attached hydrogens (tertiary/aromatic N) is 2. The molecule has 0 spiro atoms. The first-order valence-corrected chi connectivity index (χ1v) is 7.39. The van der Waals surface area contributed by atoms with Gasteiger partial charge in [0.25, 0.3) is 5.91 Å². The fourth-order valence-electron chi connectivity index (χ4n) is 2.26. The van der Waals surface area contributed by atoms with Gasteiger partial charge in [-0.15, -0.1) is 11.6 Å². The van der Waals surface area contributed by atoms with Crippen molar-refractivity contribution in [1.29, 1.82) is 0 Å². The van der Waals surface area contributed by atoms with Gasteiger partial charge in [-0.1, -0.05) is 18.2 Å². The van der Waals surface area contributed by atoms with Gasteiger partial charge in [0.15, 0.2) is 0 Å². The number of rotatable bonds is 5. The first-order valence-electron chi connectivity index (χ1n) is 6.86. The first kappa shape index (κ1) is 14.8. The Morgan fingerprint density at radius 3 is 2.75 bits per heavy atom. The summed E-state index contributed by atoms with van der Waals surface area (Å²) in [6, 6.07) is 9.66. The third-order valence-electron chi connectivity index (χ3n) is 3.30. The quantitative estimate of drug-likeness (QED) is 0.787. The topological polar surface area (TPSA) is 33.2 Å². The zero-order valence-electron chi connectivity index (χ0n) is 11.8. The van der Waals surface area contributed by atoms with Crippen molar-refractivity contribution >= 4 is 28.4 Å². The number of alkyl halides is 1. The lowest BCUT2D eigenvalue weighted by molar-refractivity contribution is 0.0708. The zero-order chi connectivity index (χ0) is 14.5. The Kier molecular flexibility index (Phi) is 4.96. The second-order valence-corrected chi connectivity index (χ2v) is 5.39. The average molecular weight is 291 g/mol. The molecular weight excluding hydrogens is 272 g/mol. The molecule has 0 aliphatic rings. The molecule has 2 rings (SSSR count). The largest absolute Gasteiger partial charge is 0.336 e. The molecule has 0 N–H and O–H groups in total. The normalized spacial score (nSPS) is 11.0. The van der Waals surface area contributed by atoms with Gasteiger partial charge >= 0.3 is 0 Å². The first-order chi connectivity index (χ1) is 9.65. The van der Waals surface area contributed by atoms with Gasteiger partial charge in [0.2, 0.25) is 0 Å². The summed E-state index contributed by atoms with van der Waals surface area (Å²) in [4.78, 5) is 18.9. The maximum atomic E-state index is 12.8. The highest BCUT2D eigenvalue weighted by Gasteiger charge is 2.20. The van der Waals surface area contributed by atoms with E-state index in [9.17, 15) is 4.79 Å². The molecule has 0 radical (unpaired) electrons. The Hall–Kier alpha value is -1.61. The van der Waals surface area contributed by atoms with Crippen LogP contribution in [-0.4, -0.2) is 34.3 Å². The van der Waals surface area contributed by atoms with E-state index in [1.807, 2.05) is 43.0 Å². The Labute approximate surface area is 124 Å². The molecule has 1 aromatic heterocycles. The Morgan fingerprint density at radius 2 is 2.05 bits per heavy atom. The summed E-state index contributed by atoms with van der Waals surface area (Å²) >= 11 is 5.75. The molecule has 0 fully saturated rings. The number of amides is 1. The monoisotopic (exact) mass is 290 g/mol. The summed E-state index contributed by atoms with van der Waals surface area (Å²) in [5, 5.41) is 0.900. The van der Waals surface area contributed by atoms with E-state index >= 15 is 0 Å². The van der Waals surface area contributed by atoms with Gasteiger partial charge in [0, 0.05) is 30.0 Å². The van der Waals surface area contributed by atoms with Crippen LogP contribution in [-0.2, 0) is 0 Å². The van der Waals surface area contributed by atoms with E-state index < -0.39 is 0 Å². The lowest BCUT2D eigenvalue weighted by Gasteiger charge is -2.27. The fraction of sp³-hybridized carbons (Fsp3) is 0.375.